The molecule has 0 aliphatic rings. The lowest BCUT2D eigenvalue weighted by Gasteiger charge is -2.11. The van der Waals surface area contributed by atoms with Gasteiger partial charge in [-0.15, -0.1) is 0 Å². The SMILES string of the molecule is CCCCOc1ccc(NC(=O)CNc2cccc(OCCC(C)C)c2)cc1. The van der Waals surface area contributed by atoms with Crippen molar-refractivity contribution < 1.29 is 14.3 Å². The first-order valence-electron chi connectivity index (χ1n) is 10.1. The normalized spacial score (nSPS) is 10.6. The number of hydrogen-bond acceptors (Lipinski definition) is 4. The van der Waals surface area contributed by atoms with Crippen LogP contribution in [-0.4, -0.2) is 25.7 Å². The Morgan fingerprint density at radius 2 is 1.71 bits per heavy atom. The van der Waals surface area contributed by atoms with E-state index in [9.17, 15) is 4.79 Å². The molecule has 0 spiro atoms. The molecule has 0 saturated carbocycles. The highest BCUT2D eigenvalue weighted by atomic mass is 16.5. The van der Waals surface area contributed by atoms with Gasteiger partial charge in [0.25, 0.3) is 0 Å². The average molecular weight is 385 g/mol. The fraction of sp³-hybridized carbons (Fsp3) is 0.435. The molecule has 2 rings (SSSR count). The number of nitrogens with one attached hydrogen (secondary N) is 2. The second-order valence-electron chi connectivity index (χ2n) is 7.19. The largest absolute Gasteiger partial charge is 0.494 e. The highest BCUT2D eigenvalue weighted by molar-refractivity contribution is 5.93. The molecule has 2 aromatic carbocycles. The van der Waals surface area contributed by atoms with Crippen LogP contribution in [0.2, 0.25) is 0 Å². The van der Waals surface area contributed by atoms with Crippen LogP contribution < -0.4 is 20.1 Å². The monoisotopic (exact) mass is 384 g/mol. The zero-order chi connectivity index (χ0) is 20.2. The Labute approximate surface area is 168 Å². The number of unbranched alkanes of at least 4 members (excludes halogenated alkanes) is 1. The van der Waals surface area contributed by atoms with Crippen LogP contribution in [0.3, 0.4) is 0 Å². The van der Waals surface area contributed by atoms with Crippen LogP contribution in [0, 0.1) is 5.92 Å². The third-order valence-corrected chi connectivity index (χ3v) is 4.16. The molecule has 2 N–H and O–H groups in total. The van der Waals surface area contributed by atoms with E-state index in [0.717, 1.165) is 42.1 Å². The van der Waals surface area contributed by atoms with Crippen molar-refractivity contribution >= 4 is 17.3 Å². The van der Waals surface area contributed by atoms with Crippen LogP contribution in [0.1, 0.15) is 40.0 Å². The van der Waals surface area contributed by atoms with Crippen LogP contribution in [0.4, 0.5) is 11.4 Å². The summed E-state index contributed by atoms with van der Waals surface area (Å²) in [6.45, 7) is 8.07. The number of carbonyl (C=O) groups excluding carboxylic acids is 1. The summed E-state index contributed by atoms with van der Waals surface area (Å²) < 4.78 is 11.4. The molecule has 0 fully saturated rings. The number of benzene rings is 2. The topological polar surface area (TPSA) is 59.6 Å². The van der Waals surface area contributed by atoms with Crippen LogP contribution >= 0.6 is 0 Å². The van der Waals surface area contributed by atoms with Crippen molar-refractivity contribution in [2.45, 2.75) is 40.0 Å². The molecule has 2 aromatic rings. The van der Waals surface area contributed by atoms with E-state index in [2.05, 4.69) is 31.4 Å². The van der Waals surface area contributed by atoms with Gasteiger partial charge in [0.05, 0.1) is 19.8 Å². The van der Waals surface area contributed by atoms with E-state index < -0.39 is 0 Å². The summed E-state index contributed by atoms with van der Waals surface area (Å²) >= 11 is 0. The number of carbonyl (C=O) groups is 1. The van der Waals surface area contributed by atoms with Gasteiger partial charge in [0.1, 0.15) is 11.5 Å². The number of amides is 1. The molecule has 152 valence electrons. The molecule has 0 aliphatic carbocycles. The van der Waals surface area contributed by atoms with Gasteiger partial charge in [0, 0.05) is 17.4 Å². The van der Waals surface area contributed by atoms with Gasteiger partial charge in [-0.05, 0) is 55.2 Å². The minimum Gasteiger partial charge on any atom is -0.494 e. The Morgan fingerprint density at radius 1 is 0.964 bits per heavy atom. The Morgan fingerprint density at radius 3 is 2.43 bits per heavy atom. The quantitative estimate of drug-likeness (QED) is 0.485. The van der Waals surface area contributed by atoms with E-state index in [1.54, 1.807) is 0 Å². The number of ether oxygens (including phenoxy) is 2. The Kier molecular flexibility index (Phi) is 9.19. The van der Waals surface area contributed by atoms with E-state index in [1.165, 1.54) is 0 Å². The van der Waals surface area contributed by atoms with Gasteiger partial charge in [-0.2, -0.15) is 0 Å². The lowest BCUT2D eigenvalue weighted by Crippen LogP contribution is -2.21. The van der Waals surface area contributed by atoms with Crippen LogP contribution in [0.25, 0.3) is 0 Å². The molecule has 5 nitrogen and oxygen atoms in total. The molecule has 0 saturated heterocycles. The molecule has 0 unspecified atom stereocenters. The predicted molar refractivity (Wildman–Crippen MR) is 115 cm³/mol. The molecule has 28 heavy (non-hydrogen) atoms. The van der Waals surface area contributed by atoms with Gasteiger partial charge < -0.3 is 20.1 Å². The number of anilines is 2. The van der Waals surface area contributed by atoms with Crippen molar-refractivity contribution in [2.24, 2.45) is 5.92 Å². The van der Waals surface area contributed by atoms with Gasteiger partial charge >= 0.3 is 0 Å². The Hall–Kier alpha value is -2.69. The summed E-state index contributed by atoms with van der Waals surface area (Å²) in [4.78, 5) is 12.2. The van der Waals surface area contributed by atoms with Crippen molar-refractivity contribution in [3.05, 3.63) is 48.5 Å². The average Bonchev–Trinajstić information content (AvgIpc) is 2.68. The van der Waals surface area contributed by atoms with Crippen molar-refractivity contribution in [1.82, 2.24) is 0 Å². The summed E-state index contributed by atoms with van der Waals surface area (Å²) in [5, 5.41) is 6.01. The van der Waals surface area contributed by atoms with Gasteiger partial charge in [0.2, 0.25) is 5.91 Å². The van der Waals surface area contributed by atoms with Crippen molar-refractivity contribution in [3.8, 4) is 11.5 Å². The fourth-order valence-electron chi connectivity index (χ4n) is 2.46. The van der Waals surface area contributed by atoms with Gasteiger partial charge in [-0.1, -0.05) is 33.3 Å². The molecule has 0 bridgehead atoms. The van der Waals surface area contributed by atoms with Crippen LogP contribution in [0.15, 0.2) is 48.5 Å². The first-order valence-corrected chi connectivity index (χ1v) is 10.1. The molecule has 0 heterocycles. The fourth-order valence-corrected chi connectivity index (χ4v) is 2.46. The number of rotatable bonds is 12. The molecule has 0 aliphatic heterocycles. The van der Waals surface area contributed by atoms with Crippen LogP contribution in [-0.2, 0) is 4.79 Å². The van der Waals surface area contributed by atoms with Crippen molar-refractivity contribution in [3.63, 3.8) is 0 Å². The van der Waals surface area contributed by atoms with Gasteiger partial charge in [0.15, 0.2) is 0 Å². The molecule has 5 heteroatoms. The molecule has 0 radical (unpaired) electrons. The van der Waals surface area contributed by atoms with E-state index in [4.69, 9.17) is 9.47 Å². The maximum Gasteiger partial charge on any atom is 0.243 e. The van der Waals surface area contributed by atoms with E-state index in [1.807, 2.05) is 48.5 Å². The summed E-state index contributed by atoms with van der Waals surface area (Å²) in [7, 11) is 0. The number of hydrogen-bond donors (Lipinski definition) is 2. The summed E-state index contributed by atoms with van der Waals surface area (Å²) in [6.07, 6.45) is 3.16. The third kappa shape index (κ3) is 8.33. The van der Waals surface area contributed by atoms with E-state index in [-0.39, 0.29) is 12.5 Å². The standard InChI is InChI=1S/C23H32N2O3/c1-4-5-14-27-21-11-9-19(10-12-21)25-23(26)17-24-20-7-6-8-22(16-20)28-15-13-18(2)3/h6-12,16,18,24H,4-5,13-15,17H2,1-3H3,(H,25,26). The Balaban J connectivity index is 1.76. The zero-order valence-electron chi connectivity index (χ0n) is 17.2. The smallest absolute Gasteiger partial charge is 0.243 e. The minimum atomic E-state index is -0.106. The van der Waals surface area contributed by atoms with Gasteiger partial charge in [-0.25, -0.2) is 0 Å². The molecule has 0 aromatic heterocycles. The van der Waals surface area contributed by atoms with Gasteiger partial charge in [-0.3, -0.25) is 4.79 Å². The zero-order valence-corrected chi connectivity index (χ0v) is 17.2. The molecule has 0 atom stereocenters. The maximum atomic E-state index is 12.2. The predicted octanol–water partition coefficient (Wildman–Crippen LogP) is 5.34. The highest BCUT2D eigenvalue weighted by Crippen LogP contribution is 2.18. The van der Waals surface area contributed by atoms with Crippen molar-refractivity contribution in [2.75, 3.05) is 30.4 Å². The first kappa shape index (κ1) is 21.6. The summed E-state index contributed by atoms with van der Waals surface area (Å²) in [5.41, 5.74) is 1.61. The summed E-state index contributed by atoms with van der Waals surface area (Å²) in [5.74, 6) is 2.14. The van der Waals surface area contributed by atoms with E-state index >= 15 is 0 Å². The lowest BCUT2D eigenvalue weighted by molar-refractivity contribution is -0.114. The maximum absolute atomic E-state index is 12.2. The second kappa shape index (κ2) is 11.9. The third-order valence-electron chi connectivity index (χ3n) is 4.16. The second-order valence-corrected chi connectivity index (χ2v) is 7.19. The Bertz CT molecular complexity index is 714. The highest BCUT2D eigenvalue weighted by Gasteiger charge is 2.04. The van der Waals surface area contributed by atoms with E-state index in [0.29, 0.717) is 19.1 Å². The molecular formula is C23H32N2O3. The lowest BCUT2D eigenvalue weighted by atomic mass is 10.1. The first-order chi connectivity index (χ1) is 13.6. The summed E-state index contributed by atoms with van der Waals surface area (Å²) in [6, 6.07) is 15.1. The molecule has 1 amide bonds. The molecular weight excluding hydrogens is 352 g/mol. The minimum absolute atomic E-state index is 0.106. The van der Waals surface area contributed by atoms with Crippen molar-refractivity contribution in [1.29, 1.82) is 0 Å². The van der Waals surface area contributed by atoms with Crippen LogP contribution in [0.5, 0.6) is 11.5 Å².